The van der Waals surface area contributed by atoms with E-state index in [9.17, 15) is 0 Å². The molecular weight excluding hydrogens is 282 g/mol. The molecule has 0 aliphatic carbocycles. The maximum absolute atomic E-state index is 2.44. The molecule has 1 aliphatic rings. The SMILES string of the molecule is CCN1[CH]N(C(CCN(C)C)c2ccccc2)c2ccccc21. The van der Waals surface area contributed by atoms with E-state index in [0.717, 1.165) is 19.5 Å². The van der Waals surface area contributed by atoms with E-state index in [1.165, 1.54) is 16.9 Å². The molecule has 2 aromatic carbocycles. The Hall–Kier alpha value is -2.00. The lowest BCUT2D eigenvalue weighted by molar-refractivity contribution is 0.379. The van der Waals surface area contributed by atoms with Crippen LogP contribution in [0.5, 0.6) is 0 Å². The first-order chi connectivity index (χ1) is 11.2. The third kappa shape index (κ3) is 3.35. The van der Waals surface area contributed by atoms with Crippen molar-refractivity contribution in [2.24, 2.45) is 0 Å². The van der Waals surface area contributed by atoms with Crippen LogP contribution in [0, 0.1) is 6.67 Å². The Morgan fingerprint density at radius 1 is 0.913 bits per heavy atom. The Morgan fingerprint density at radius 3 is 2.22 bits per heavy atom. The summed E-state index contributed by atoms with van der Waals surface area (Å²) in [5, 5.41) is 0. The lowest BCUT2D eigenvalue weighted by Gasteiger charge is -2.31. The van der Waals surface area contributed by atoms with Gasteiger partial charge in [-0.15, -0.1) is 0 Å². The maximum atomic E-state index is 2.44. The molecular formula is C20H26N3. The first kappa shape index (κ1) is 15.9. The van der Waals surface area contributed by atoms with Gasteiger partial charge in [0.1, 0.15) is 6.67 Å². The molecule has 2 aromatic rings. The van der Waals surface area contributed by atoms with Crippen molar-refractivity contribution in [2.45, 2.75) is 19.4 Å². The van der Waals surface area contributed by atoms with Crippen molar-refractivity contribution in [3.05, 3.63) is 66.8 Å². The number of fused-ring (bicyclic) bond motifs is 1. The summed E-state index contributed by atoms with van der Waals surface area (Å²) in [6.45, 7) is 6.53. The number of benzene rings is 2. The zero-order valence-electron chi connectivity index (χ0n) is 14.3. The average molecular weight is 308 g/mol. The molecule has 1 aliphatic heterocycles. The van der Waals surface area contributed by atoms with Gasteiger partial charge >= 0.3 is 0 Å². The standard InChI is InChI=1S/C20H26N3/c1-4-22-16-23(20-13-9-8-12-19(20)22)18(14-15-21(2)3)17-10-6-5-7-11-17/h5-13,16,18H,4,14-15H2,1-3H3. The summed E-state index contributed by atoms with van der Waals surface area (Å²) >= 11 is 0. The van der Waals surface area contributed by atoms with Crippen LogP contribution in [-0.2, 0) is 0 Å². The fourth-order valence-corrected chi connectivity index (χ4v) is 3.22. The van der Waals surface area contributed by atoms with E-state index in [1.54, 1.807) is 0 Å². The number of nitrogens with zero attached hydrogens (tertiary/aromatic N) is 3. The molecule has 0 saturated heterocycles. The Morgan fingerprint density at radius 2 is 1.57 bits per heavy atom. The Labute approximate surface area is 140 Å². The van der Waals surface area contributed by atoms with Crippen LogP contribution in [0.4, 0.5) is 11.4 Å². The van der Waals surface area contributed by atoms with Gasteiger partial charge in [-0.25, -0.2) is 0 Å². The van der Waals surface area contributed by atoms with Gasteiger partial charge in [-0.2, -0.15) is 0 Å². The molecule has 3 rings (SSSR count). The second kappa shape index (κ2) is 7.05. The summed E-state index contributed by atoms with van der Waals surface area (Å²) in [4.78, 5) is 7.04. The van der Waals surface area contributed by atoms with E-state index < -0.39 is 0 Å². The molecule has 0 amide bonds. The van der Waals surface area contributed by atoms with Crippen LogP contribution in [0.3, 0.4) is 0 Å². The minimum atomic E-state index is 0.358. The van der Waals surface area contributed by atoms with E-state index in [1.807, 2.05) is 0 Å². The van der Waals surface area contributed by atoms with Crippen molar-refractivity contribution in [3.8, 4) is 0 Å². The molecule has 0 saturated carbocycles. The van der Waals surface area contributed by atoms with Gasteiger partial charge in [0, 0.05) is 6.54 Å². The second-order valence-corrected chi connectivity index (χ2v) is 6.32. The van der Waals surface area contributed by atoms with Crippen LogP contribution in [0.2, 0.25) is 0 Å². The van der Waals surface area contributed by atoms with Gasteiger partial charge in [0.25, 0.3) is 0 Å². The van der Waals surface area contributed by atoms with Crippen LogP contribution in [0.25, 0.3) is 0 Å². The fourth-order valence-electron chi connectivity index (χ4n) is 3.22. The highest BCUT2D eigenvalue weighted by Crippen LogP contribution is 2.43. The topological polar surface area (TPSA) is 9.72 Å². The van der Waals surface area contributed by atoms with Crippen LogP contribution in [0.1, 0.15) is 24.9 Å². The number of rotatable bonds is 6. The monoisotopic (exact) mass is 308 g/mol. The lowest BCUT2D eigenvalue weighted by atomic mass is 10.0. The zero-order chi connectivity index (χ0) is 16.2. The molecule has 3 nitrogen and oxygen atoms in total. The summed E-state index contributed by atoms with van der Waals surface area (Å²) in [7, 11) is 4.28. The molecule has 23 heavy (non-hydrogen) atoms. The summed E-state index contributed by atoms with van der Waals surface area (Å²) in [6.07, 6.45) is 1.10. The Balaban J connectivity index is 1.94. The molecule has 0 spiro atoms. The van der Waals surface area contributed by atoms with Crippen LogP contribution in [-0.4, -0.2) is 32.1 Å². The van der Waals surface area contributed by atoms with Crippen LogP contribution in [0.15, 0.2) is 54.6 Å². The number of anilines is 2. The molecule has 0 bridgehead atoms. The number of hydrogen-bond acceptors (Lipinski definition) is 3. The second-order valence-electron chi connectivity index (χ2n) is 6.32. The largest absolute Gasteiger partial charge is 0.346 e. The van der Waals surface area contributed by atoms with Crippen molar-refractivity contribution >= 4 is 11.4 Å². The van der Waals surface area contributed by atoms with Gasteiger partial charge < -0.3 is 14.7 Å². The first-order valence-corrected chi connectivity index (χ1v) is 8.39. The predicted molar refractivity (Wildman–Crippen MR) is 98.6 cm³/mol. The van der Waals surface area contributed by atoms with E-state index in [0.29, 0.717) is 6.04 Å². The number of para-hydroxylation sites is 2. The van der Waals surface area contributed by atoms with Crippen molar-refractivity contribution in [3.63, 3.8) is 0 Å². The van der Waals surface area contributed by atoms with Crippen molar-refractivity contribution in [1.29, 1.82) is 0 Å². The summed E-state index contributed by atoms with van der Waals surface area (Å²) < 4.78 is 0. The molecule has 121 valence electrons. The van der Waals surface area contributed by atoms with Gasteiger partial charge in [-0.3, -0.25) is 0 Å². The first-order valence-electron chi connectivity index (χ1n) is 8.39. The van der Waals surface area contributed by atoms with Crippen molar-refractivity contribution in [1.82, 2.24) is 4.90 Å². The van der Waals surface area contributed by atoms with Gasteiger partial charge in [-0.1, -0.05) is 42.5 Å². The summed E-state index contributed by atoms with van der Waals surface area (Å²) in [5.74, 6) is 0. The van der Waals surface area contributed by atoms with Gasteiger partial charge in [0.2, 0.25) is 0 Å². The predicted octanol–water partition coefficient (Wildman–Crippen LogP) is 4.15. The highest BCUT2D eigenvalue weighted by atomic mass is 15.4. The van der Waals surface area contributed by atoms with Gasteiger partial charge in [-0.05, 0) is 51.7 Å². The lowest BCUT2D eigenvalue weighted by Crippen LogP contribution is -2.31. The quantitative estimate of drug-likeness (QED) is 0.794. The molecule has 0 N–H and O–H groups in total. The third-order valence-corrected chi connectivity index (χ3v) is 4.44. The highest BCUT2D eigenvalue weighted by molar-refractivity contribution is 5.79. The molecule has 3 heteroatoms. The minimum Gasteiger partial charge on any atom is -0.346 e. The minimum absolute atomic E-state index is 0.358. The molecule has 0 aromatic heterocycles. The van der Waals surface area contributed by atoms with Crippen LogP contribution < -0.4 is 9.80 Å². The molecule has 1 unspecified atom stereocenters. The fraction of sp³-hybridized carbons (Fsp3) is 0.350. The smallest absolute Gasteiger partial charge is 0.142 e. The number of hydrogen-bond donors (Lipinski definition) is 0. The van der Waals surface area contributed by atoms with Crippen molar-refractivity contribution < 1.29 is 0 Å². The maximum Gasteiger partial charge on any atom is 0.142 e. The molecule has 0 fully saturated rings. The third-order valence-electron chi connectivity index (χ3n) is 4.44. The molecule has 1 atom stereocenters. The van der Waals surface area contributed by atoms with E-state index in [2.05, 4.69) is 97.0 Å². The van der Waals surface area contributed by atoms with Crippen LogP contribution >= 0.6 is 0 Å². The molecule has 1 radical (unpaired) electrons. The van der Waals surface area contributed by atoms with Gasteiger partial charge in [0.15, 0.2) is 0 Å². The normalized spacial score (nSPS) is 15.1. The van der Waals surface area contributed by atoms with E-state index >= 15 is 0 Å². The Bertz CT molecular complexity index is 624. The molecule has 1 heterocycles. The highest BCUT2D eigenvalue weighted by Gasteiger charge is 2.31. The summed E-state index contributed by atoms with van der Waals surface area (Å²) in [5.41, 5.74) is 3.99. The average Bonchev–Trinajstić information content (AvgIpc) is 2.95. The summed E-state index contributed by atoms with van der Waals surface area (Å²) in [6, 6.07) is 19.9. The van der Waals surface area contributed by atoms with E-state index in [-0.39, 0.29) is 0 Å². The van der Waals surface area contributed by atoms with Gasteiger partial charge in [0.05, 0.1) is 17.4 Å². The van der Waals surface area contributed by atoms with Crippen molar-refractivity contribution in [2.75, 3.05) is 37.0 Å². The Kier molecular flexibility index (Phi) is 4.87. The van der Waals surface area contributed by atoms with E-state index in [4.69, 9.17) is 0 Å². The zero-order valence-corrected chi connectivity index (χ0v) is 14.3.